The van der Waals surface area contributed by atoms with Gasteiger partial charge >= 0.3 is 0 Å². The van der Waals surface area contributed by atoms with Crippen LogP contribution in [0.15, 0.2) is 59.1 Å². The molecule has 5 aromatic rings. The Morgan fingerprint density at radius 3 is 2.42 bits per heavy atom. The Hall–Kier alpha value is -3.53. The summed E-state index contributed by atoms with van der Waals surface area (Å²) in [6, 6.07) is 16.8. The van der Waals surface area contributed by atoms with Gasteiger partial charge in [0.25, 0.3) is 0 Å². The third-order valence-corrected chi connectivity index (χ3v) is 5.98. The molecule has 4 aromatic heterocycles. The lowest BCUT2D eigenvalue weighted by Gasteiger charge is -2.18. The van der Waals surface area contributed by atoms with Crippen molar-refractivity contribution < 1.29 is 4.42 Å². The van der Waals surface area contributed by atoms with Crippen molar-refractivity contribution in [1.82, 2.24) is 15.0 Å². The lowest BCUT2D eigenvalue weighted by Crippen LogP contribution is -2.09. The maximum absolute atomic E-state index is 6.37. The summed E-state index contributed by atoms with van der Waals surface area (Å²) in [6.07, 6.45) is 2.89. The van der Waals surface area contributed by atoms with E-state index in [1.54, 1.807) is 0 Å². The predicted molar refractivity (Wildman–Crippen MR) is 135 cm³/mol. The van der Waals surface area contributed by atoms with Gasteiger partial charge in [0.15, 0.2) is 0 Å². The standard InChI is InChI=1S/C29H29N3O/c1-17-14-18(2)31-19(3)26(17)24-11-10-22-21-8-7-9-23(27(21)33-28(22)32-24)25-15-20(12-13-30-25)16-29(4,5)6/h7-15H,16H2,1-6H3. The quantitative estimate of drug-likeness (QED) is 0.292. The third kappa shape index (κ3) is 4.02. The van der Waals surface area contributed by atoms with Gasteiger partial charge < -0.3 is 4.42 Å². The zero-order chi connectivity index (χ0) is 23.3. The first-order valence-electron chi connectivity index (χ1n) is 11.4. The van der Waals surface area contributed by atoms with E-state index in [0.29, 0.717) is 5.71 Å². The molecule has 4 nitrogen and oxygen atoms in total. The first kappa shape index (κ1) is 21.3. The van der Waals surface area contributed by atoms with Crippen molar-refractivity contribution in [2.45, 2.75) is 48.0 Å². The van der Waals surface area contributed by atoms with Gasteiger partial charge in [0.05, 0.1) is 11.4 Å². The lowest BCUT2D eigenvalue weighted by atomic mass is 9.88. The Morgan fingerprint density at radius 2 is 1.67 bits per heavy atom. The summed E-state index contributed by atoms with van der Waals surface area (Å²) in [4.78, 5) is 14.2. The molecule has 5 rings (SSSR count). The lowest BCUT2D eigenvalue weighted by molar-refractivity contribution is 0.411. The van der Waals surface area contributed by atoms with Crippen molar-refractivity contribution in [3.63, 3.8) is 0 Å². The highest BCUT2D eigenvalue weighted by Gasteiger charge is 2.17. The smallest absolute Gasteiger partial charge is 0.227 e. The van der Waals surface area contributed by atoms with E-state index in [1.807, 2.05) is 20.0 Å². The molecule has 0 spiro atoms. The van der Waals surface area contributed by atoms with Gasteiger partial charge in [-0.2, -0.15) is 0 Å². The molecule has 166 valence electrons. The molecular weight excluding hydrogens is 406 g/mol. The van der Waals surface area contributed by atoms with Crippen LogP contribution in [0.2, 0.25) is 0 Å². The van der Waals surface area contributed by atoms with Gasteiger partial charge in [-0.15, -0.1) is 0 Å². The van der Waals surface area contributed by atoms with E-state index in [4.69, 9.17) is 9.40 Å². The number of para-hydroxylation sites is 1. The minimum atomic E-state index is 0.214. The molecule has 0 aliphatic carbocycles. The van der Waals surface area contributed by atoms with Crippen molar-refractivity contribution in [2.75, 3.05) is 0 Å². The van der Waals surface area contributed by atoms with Gasteiger partial charge in [-0.05, 0) is 80.1 Å². The second-order valence-electron chi connectivity index (χ2n) is 10.2. The average Bonchev–Trinajstić information content (AvgIpc) is 3.10. The predicted octanol–water partition coefficient (Wildman–Crippen LogP) is 7.62. The number of pyridine rings is 3. The maximum Gasteiger partial charge on any atom is 0.227 e. The Kier molecular flexibility index (Phi) is 5.04. The Bertz CT molecular complexity index is 1480. The van der Waals surface area contributed by atoms with E-state index >= 15 is 0 Å². The molecule has 0 amide bonds. The van der Waals surface area contributed by atoms with Crippen LogP contribution in [-0.4, -0.2) is 15.0 Å². The summed E-state index contributed by atoms with van der Waals surface area (Å²) in [5, 5.41) is 2.07. The number of fused-ring (bicyclic) bond motifs is 3. The van der Waals surface area contributed by atoms with Crippen LogP contribution in [0.4, 0.5) is 0 Å². The third-order valence-electron chi connectivity index (χ3n) is 5.98. The summed E-state index contributed by atoms with van der Waals surface area (Å²) in [5.41, 5.74) is 10.0. The number of furan rings is 1. The van der Waals surface area contributed by atoms with Gasteiger partial charge in [0.1, 0.15) is 5.58 Å². The zero-order valence-corrected chi connectivity index (χ0v) is 20.2. The number of aromatic nitrogens is 3. The summed E-state index contributed by atoms with van der Waals surface area (Å²) in [6.45, 7) is 12.9. The molecule has 0 saturated heterocycles. The van der Waals surface area contributed by atoms with Crippen LogP contribution >= 0.6 is 0 Å². The van der Waals surface area contributed by atoms with Crippen LogP contribution in [0.3, 0.4) is 0 Å². The average molecular weight is 436 g/mol. The summed E-state index contributed by atoms with van der Waals surface area (Å²) in [5.74, 6) is 0. The van der Waals surface area contributed by atoms with E-state index in [-0.39, 0.29) is 5.41 Å². The second kappa shape index (κ2) is 7.80. The van der Waals surface area contributed by atoms with Crippen LogP contribution in [0.1, 0.15) is 43.3 Å². The van der Waals surface area contributed by atoms with Crippen LogP contribution in [0, 0.1) is 26.2 Å². The Morgan fingerprint density at radius 1 is 0.848 bits per heavy atom. The Labute approximate surface area is 194 Å². The van der Waals surface area contributed by atoms with Gasteiger partial charge in [0.2, 0.25) is 5.71 Å². The molecule has 4 heterocycles. The number of rotatable bonds is 3. The fraction of sp³-hybridized carbons (Fsp3) is 0.276. The first-order chi connectivity index (χ1) is 15.7. The van der Waals surface area contributed by atoms with Gasteiger partial charge in [-0.3, -0.25) is 9.97 Å². The highest BCUT2D eigenvalue weighted by atomic mass is 16.3. The molecule has 0 radical (unpaired) electrons. The first-order valence-corrected chi connectivity index (χ1v) is 11.4. The summed E-state index contributed by atoms with van der Waals surface area (Å²) >= 11 is 0. The van der Waals surface area contributed by atoms with Crippen molar-refractivity contribution >= 4 is 22.1 Å². The van der Waals surface area contributed by atoms with Gasteiger partial charge in [-0.25, -0.2) is 4.98 Å². The minimum Gasteiger partial charge on any atom is -0.437 e. The van der Waals surface area contributed by atoms with Crippen LogP contribution in [0.5, 0.6) is 0 Å². The molecule has 0 unspecified atom stereocenters. The highest BCUT2D eigenvalue weighted by molar-refractivity contribution is 6.08. The summed E-state index contributed by atoms with van der Waals surface area (Å²) < 4.78 is 6.37. The minimum absolute atomic E-state index is 0.214. The molecular formula is C29H29N3O. The van der Waals surface area contributed by atoms with Crippen molar-refractivity contribution in [2.24, 2.45) is 5.41 Å². The fourth-order valence-electron chi connectivity index (χ4n) is 4.77. The molecule has 33 heavy (non-hydrogen) atoms. The van der Waals surface area contributed by atoms with Crippen molar-refractivity contribution in [3.8, 4) is 22.5 Å². The second-order valence-corrected chi connectivity index (χ2v) is 10.2. The van der Waals surface area contributed by atoms with E-state index in [0.717, 1.165) is 56.7 Å². The van der Waals surface area contributed by atoms with Crippen molar-refractivity contribution in [1.29, 1.82) is 0 Å². The zero-order valence-electron chi connectivity index (χ0n) is 20.2. The van der Waals surface area contributed by atoms with E-state index in [1.165, 1.54) is 11.1 Å². The van der Waals surface area contributed by atoms with Crippen molar-refractivity contribution in [3.05, 3.63) is 77.2 Å². The van der Waals surface area contributed by atoms with Crippen LogP contribution < -0.4 is 0 Å². The number of aryl methyl sites for hydroxylation is 3. The molecule has 0 aliphatic heterocycles. The highest BCUT2D eigenvalue weighted by Crippen LogP contribution is 2.36. The normalized spacial score (nSPS) is 12.1. The molecule has 0 atom stereocenters. The van der Waals surface area contributed by atoms with Crippen LogP contribution in [0.25, 0.3) is 44.6 Å². The maximum atomic E-state index is 6.37. The monoisotopic (exact) mass is 435 g/mol. The number of benzene rings is 1. The molecule has 0 fully saturated rings. The van der Waals surface area contributed by atoms with E-state index in [2.05, 4.69) is 86.2 Å². The summed E-state index contributed by atoms with van der Waals surface area (Å²) in [7, 11) is 0. The van der Waals surface area contributed by atoms with Gasteiger partial charge in [0, 0.05) is 39.5 Å². The van der Waals surface area contributed by atoms with Gasteiger partial charge in [-0.1, -0.05) is 32.9 Å². The Balaban J connectivity index is 1.66. The topological polar surface area (TPSA) is 51.8 Å². The van der Waals surface area contributed by atoms with E-state index in [9.17, 15) is 0 Å². The number of nitrogens with zero attached hydrogens (tertiary/aromatic N) is 3. The molecule has 4 heteroatoms. The molecule has 1 aromatic carbocycles. The number of hydrogen-bond acceptors (Lipinski definition) is 4. The largest absolute Gasteiger partial charge is 0.437 e. The SMILES string of the molecule is Cc1cc(C)c(-c2ccc3c(n2)oc2c(-c4cc(CC(C)(C)C)ccn4)cccc23)c(C)n1. The fourth-order valence-corrected chi connectivity index (χ4v) is 4.77. The molecule has 0 saturated carbocycles. The van der Waals surface area contributed by atoms with Crippen LogP contribution in [-0.2, 0) is 6.42 Å². The number of hydrogen-bond donors (Lipinski definition) is 0. The molecule has 0 aliphatic rings. The molecule has 0 N–H and O–H groups in total. The molecule has 0 bridgehead atoms. The van der Waals surface area contributed by atoms with E-state index < -0.39 is 0 Å².